The molecular formula is C16H18N2O5S. The van der Waals surface area contributed by atoms with Crippen LogP contribution < -0.4 is 4.74 Å². The summed E-state index contributed by atoms with van der Waals surface area (Å²) in [5, 5.41) is 9.96. The normalized spacial score (nSPS) is 16.0. The molecule has 0 radical (unpaired) electrons. The predicted molar refractivity (Wildman–Crippen MR) is 91.3 cm³/mol. The fourth-order valence-electron chi connectivity index (χ4n) is 2.19. The number of nitrogens with zero attached hydrogens (tertiary/aromatic N) is 2. The van der Waals surface area contributed by atoms with E-state index in [2.05, 4.69) is 4.74 Å². The number of amides is 1. The first-order chi connectivity index (χ1) is 11.4. The second kappa shape index (κ2) is 7.31. The maximum absolute atomic E-state index is 12.5. The highest BCUT2D eigenvalue weighted by Crippen LogP contribution is 2.29. The van der Waals surface area contributed by atoms with Crippen molar-refractivity contribution in [3.05, 3.63) is 29.5 Å². The Morgan fingerprint density at radius 1 is 1.42 bits per heavy atom. The van der Waals surface area contributed by atoms with Crippen molar-refractivity contribution in [1.29, 1.82) is 0 Å². The molecule has 1 heterocycles. The van der Waals surface area contributed by atoms with E-state index < -0.39 is 5.97 Å². The third-order valence-electron chi connectivity index (χ3n) is 3.45. The lowest BCUT2D eigenvalue weighted by molar-refractivity contribution is -0.143. The number of phenols is 1. The molecule has 0 bridgehead atoms. The molecule has 1 aliphatic heterocycles. The number of hydrogen-bond donors (Lipinski definition) is 1. The lowest BCUT2D eigenvalue weighted by atomic mass is 10.1. The Hall–Kier alpha value is -2.61. The first-order valence-electron chi connectivity index (χ1n) is 7.23. The predicted octanol–water partition coefficient (Wildman–Crippen LogP) is 1.36. The maximum Gasteiger partial charge on any atom is 0.325 e. The van der Waals surface area contributed by atoms with E-state index >= 15 is 0 Å². The second-order valence-electron chi connectivity index (χ2n) is 5.00. The summed E-state index contributed by atoms with van der Waals surface area (Å²) in [6.07, 6.45) is 1.62. The Morgan fingerprint density at radius 2 is 2.12 bits per heavy atom. The van der Waals surface area contributed by atoms with Crippen molar-refractivity contribution in [2.24, 2.45) is 0 Å². The number of esters is 1. The number of carbonyl (C=O) groups is 2. The molecule has 128 valence electrons. The van der Waals surface area contributed by atoms with Crippen LogP contribution in [0, 0.1) is 0 Å². The van der Waals surface area contributed by atoms with Crippen molar-refractivity contribution < 1.29 is 24.2 Å². The lowest BCUT2D eigenvalue weighted by Gasteiger charge is -2.14. The highest BCUT2D eigenvalue weighted by molar-refractivity contribution is 7.80. The monoisotopic (exact) mass is 350 g/mol. The summed E-state index contributed by atoms with van der Waals surface area (Å²) in [4.78, 5) is 26.6. The van der Waals surface area contributed by atoms with E-state index in [9.17, 15) is 14.7 Å². The molecule has 0 saturated carbocycles. The van der Waals surface area contributed by atoms with Gasteiger partial charge in [0, 0.05) is 7.05 Å². The van der Waals surface area contributed by atoms with E-state index in [1.165, 1.54) is 23.0 Å². The van der Waals surface area contributed by atoms with Gasteiger partial charge in [0.1, 0.15) is 12.2 Å². The summed E-state index contributed by atoms with van der Waals surface area (Å²) in [6.45, 7) is 1.97. The first kappa shape index (κ1) is 17.7. The lowest BCUT2D eigenvalue weighted by Crippen LogP contribution is -2.36. The molecule has 0 spiro atoms. The minimum atomic E-state index is -0.552. The van der Waals surface area contributed by atoms with Crippen LogP contribution >= 0.6 is 12.2 Å². The molecular weight excluding hydrogens is 332 g/mol. The van der Waals surface area contributed by atoms with E-state index in [1.807, 2.05) is 6.92 Å². The largest absolute Gasteiger partial charge is 0.504 e. The Bertz CT molecular complexity index is 716. The number of benzene rings is 1. The molecule has 1 amide bonds. The van der Waals surface area contributed by atoms with E-state index in [4.69, 9.17) is 17.0 Å². The van der Waals surface area contributed by atoms with Gasteiger partial charge in [0.15, 0.2) is 16.6 Å². The van der Waals surface area contributed by atoms with Gasteiger partial charge >= 0.3 is 5.97 Å². The topological polar surface area (TPSA) is 79.3 Å². The van der Waals surface area contributed by atoms with Crippen LogP contribution in [0.3, 0.4) is 0 Å². The molecule has 0 aliphatic carbocycles. The fourth-order valence-corrected chi connectivity index (χ4v) is 2.44. The van der Waals surface area contributed by atoms with Crippen LogP contribution in [-0.2, 0) is 14.3 Å². The van der Waals surface area contributed by atoms with Gasteiger partial charge in [-0.05, 0) is 42.9 Å². The van der Waals surface area contributed by atoms with Crippen molar-refractivity contribution >= 4 is 35.3 Å². The third kappa shape index (κ3) is 3.48. The molecule has 1 aromatic rings. The van der Waals surface area contributed by atoms with Crippen LogP contribution in [0.4, 0.5) is 0 Å². The standard InChI is InChI=1S/C16H18N2O5S/c1-4-23-13-8-10(5-6-12(13)19)7-11-15(21)18(9-14(20)22-3)16(24)17(11)2/h5-8,19H,4,9H2,1-3H3/b11-7-. The van der Waals surface area contributed by atoms with Gasteiger partial charge in [-0.3, -0.25) is 14.5 Å². The molecule has 24 heavy (non-hydrogen) atoms. The van der Waals surface area contributed by atoms with Crippen molar-refractivity contribution in [2.75, 3.05) is 27.3 Å². The Morgan fingerprint density at radius 3 is 2.75 bits per heavy atom. The van der Waals surface area contributed by atoms with E-state index in [0.29, 0.717) is 23.6 Å². The van der Waals surface area contributed by atoms with Crippen LogP contribution in [0.15, 0.2) is 23.9 Å². The Labute approximate surface area is 145 Å². The third-order valence-corrected chi connectivity index (χ3v) is 3.94. The molecule has 0 atom stereocenters. The Balaban J connectivity index is 2.32. The highest BCUT2D eigenvalue weighted by atomic mass is 32.1. The first-order valence-corrected chi connectivity index (χ1v) is 7.63. The van der Waals surface area contributed by atoms with Crippen molar-refractivity contribution in [3.8, 4) is 11.5 Å². The van der Waals surface area contributed by atoms with Crippen LogP contribution in [0.2, 0.25) is 0 Å². The number of phenolic OH excluding ortho intramolecular Hbond substituents is 1. The number of aromatic hydroxyl groups is 1. The summed E-state index contributed by atoms with van der Waals surface area (Å²) in [5.41, 5.74) is 0.978. The average Bonchev–Trinajstić information content (AvgIpc) is 2.75. The summed E-state index contributed by atoms with van der Waals surface area (Å²) in [6, 6.07) is 4.76. The van der Waals surface area contributed by atoms with E-state index in [1.54, 1.807) is 25.3 Å². The van der Waals surface area contributed by atoms with Crippen LogP contribution in [0.1, 0.15) is 12.5 Å². The van der Waals surface area contributed by atoms with Gasteiger partial charge in [-0.15, -0.1) is 0 Å². The molecule has 1 saturated heterocycles. The second-order valence-corrected chi connectivity index (χ2v) is 5.36. The van der Waals surface area contributed by atoms with Gasteiger partial charge in [0.25, 0.3) is 5.91 Å². The number of ether oxygens (including phenoxy) is 2. The fraction of sp³-hybridized carbons (Fsp3) is 0.312. The van der Waals surface area contributed by atoms with E-state index in [0.717, 1.165) is 0 Å². The van der Waals surface area contributed by atoms with Gasteiger partial charge in [-0.25, -0.2) is 0 Å². The number of rotatable bonds is 5. The van der Waals surface area contributed by atoms with Gasteiger partial charge in [-0.2, -0.15) is 0 Å². The molecule has 7 nitrogen and oxygen atoms in total. The minimum absolute atomic E-state index is 0.0212. The summed E-state index contributed by atoms with van der Waals surface area (Å²) >= 11 is 5.21. The number of thiocarbonyl (C=S) groups is 1. The molecule has 2 rings (SSSR count). The summed E-state index contributed by atoms with van der Waals surface area (Å²) in [7, 11) is 2.89. The quantitative estimate of drug-likeness (QED) is 0.488. The zero-order valence-electron chi connectivity index (χ0n) is 13.6. The molecule has 8 heteroatoms. The maximum atomic E-state index is 12.5. The number of hydrogen-bond acceptors (Lipinski definition) is 6. The van der Waals surface area contributed by atoms with Crippen molar-refractivity contribution in [2.45, 2.75) is 6.92 Å². The molecule has 1 aliphatic rings. The van der Waals surface area contributed by atoms with Gasteiger partial charge < -0.3 is 19.5 Å². The van der Waals surface area contributed by atoms with Gasteiger partial charge in [0.05, 0.1) is 13.7 Å². The van der Waals surface area contributed by atoms with Crippen molar-refractivity contribution in [1.82, 2.24) is 9.80 Å². The average molecular weight is 350 g/mol. The van der Waals surface area contributed by atoms with Crippen molar-refractivity contribution in [3.63, 3.8) is 0 Å². The number of likely N-dealkylation sites (N-methyl/N-ethyl adjacent to an activating group) is 1. The number of methoxy groups -OCH3 is 1. The number of carbonyl (C=O) groups excluding carboxylic acids is 2. The Kier molecular flexibility index (Phi) is 5.40. The van der Waals surface area contributed by atoms with Gasteiger partial charge in [0.2, 0.25) is 0 Å². The SMILES string of the molecule is CCOc1cc(/C=C2/C(=O)N(CC(=O)OC)C(=S)N2C)ccc1O. The molecule has 1 fully saturated rings. The molecule has 0 unspecified atom stereocenters. The van der Waals surface area contributed by atoms with Crippen LogP contribution in [-0.4, -0.2) is 59.2 Å². The summed E-state index contributed by atoms with van der Waals surface area (Å²) in [5.74, 6) is -0.593. The van der Waals surface area contributed by atoms with Crippen LogP contribution in [0.5, 0.6) is 11.5 Å². The van der Waals surface area contributed by atoms with Gasteiger partial charge in [-0.1, -0.05) is 6.07 Å². The van der Waals surface area contributed by atoms with E-state index in [-0.39, 0.29) is 23.3 Å². The summed E-state index contributed by atoms with van der Waals surface area (Å²) < 4.78 is 9.91. The molecule has 1 aromatic carbocycles. The zero-order valence-corrected chi connectivity index (χ0v) is 14.4. The minimum Gasteiger partial charge on any atom is -0.504 e. The smallest absolute Gasteiger partial charge is 0.325 e. The van der Waals surface area contributed by atoms with Crippen LogP contribution in [0.25, 0.3) is 6.08 Å². The highest BCUT2D eigenvalue weighted by Gasteiger charge is 2.37. The zero-order chi connectivity index (χ0) is 17.9. The molecule has 0 aromatic heterocycles. The molecule has 1 N–H and O–H groups in total.